The summed E-state index contributed by atoms with van der Waals surface area (Å²) in [6.45, 7) is 3.24. The van der Waals surface area contributed by atoms with E-state index in [4.69, 9.17) is 10.5 Å². The monoisotopic (exact) mass is 467 g/mol. The second-order valence-electron chi connectivity index (χ2n) is 6.23. The third kappa shape index (κ3) is 3.41. The van der Waals surface area contributed by atoms with Crippen LogP contribution in [0.2, 0.25) is 0 Å². The van der Waals surface area contributed by atoms with Crippen molar-refractivity contribution in [1.29, 1.82) is 0 Å². The Morgan fingerprint density at radius 1 is 1.15 bits per heavy atom. The lowest BCUT2D eigenvalue weighted by Gasteiger charge is -2.30. The van der Waals surface area contributed by atoms with Gasteiger partial charge in [-0.15, -0.1) is 0 Å². The summed E-state index contributed by atoms with van der Waals surface area (Å²) < 4.78 is 20.4. The molecule has 0 amide bonds. The van der Waals surface area contributed by atoms with Crippen LogP contribution < -0.4 is 21.1 Å². The van der Waals surface area contributed by atoms with E-state index in [1.165, 1.54) is 17.4 Å². The van der Waals surface area contributed by atoms with Crippen LogP contribution in [0, 0.1) is 9.39 Å². The lowest BCUT2D eigenvalue weighted by atomic mass is 10.1. The van der Waals surface area contributed by atoms with Gasteiger partial charge in [0.1, 0.15) is 12.2 Å². The Hall–Kier alpha value is -1.75. The number of anilines is 2. The summed E-state index contributed by atoms with van der Waals surface area (Å²) >= 11 is 2.07. The number of aliphatic imine (C=N–C) groups is 1. The van der Waals surface area contributed by atoms with Gasteiger partial charge in [-0.2, -0.15) is 5.43 Å². The predicted octanol–water partition coefficient (Wildman–Crippen LogP) is 2.39. The molecule has 2 aliphatic heterocycles. The average molecular weight is 467 g/mol. The van der Waals surface area contributed by atoms with Gasteiger partial charge >= 0.3 is 0 Å². The molecule has 6 nitrogen and oxygen atoms in total. The molecule has 2 aliphatic rings. The molecule has 0 aliphatic carbocycles. The molecule has 26 heavy (non-hydrogen) atoms. The normalized spacial score (nSPS) is 22.9. The van der Waals surface area contributed by atoms with Gasteiger partial charge in [-0.05, 0) is 52.9 Å². The number of ether oxygens (including phenoxy) is 1. The molecule has 2 aromatic rings. The first-order chi connectivity index (χ1) is 12.5. The van der Waals surface area contributed by atoms with Gasteiger partial charge in [-0.1, -0.05) is 12.1 Å². The van der Waals surface area contributed by atoms with Crippen molar-refractivity contribution in [1.82, 2.24) is 5.43 Å². The fourth-order valence-corrected chi connectivity index (χ4v) is 3.53. The lowest BCUT2D eigenvalue weighted by molar-refractivity contribution is 0.122. The van der Waals surface area contributed by atoms with Gasteiger partial charge in [0.2, 0.25) is 5.79 Å². The van der Waals surface area contributed by atoms with Crippen LogP contribution in [0.25, 0.3) is 0 Å². The molecule has 1 atom stereocenters. The summed E-state index contributed by atoms with van der Waals surface area (Å²) in [7, 11) is 0. The first kappa shape index (κ1) is 17.7. The second-order valence-corrected chi connectivity index (χ2v) is 7.48. The van der Waals surface area contributed by atoms with Gasteiger partial charge in [-0.3, -0.25) is 10.7 Å². The van der Waals surface area contributed by atoms with E-state index in [2.05, 4.69) is 37.9 Å². The number of halogens is 2. The third-order valence-electron chi connectivity index (χ3n) is 4.52. The van der Waals surface area contributed by atoms with Crippen LogP contribution >= 0.6 is 22.6 Å². The number of nitrogens with two attached hydrogens (primary N) is 1. The number of nitrogens with zero attached hydrogens (tertiary/aromatic N) is 3. The van der Waals surface area contributed by atoms with Gasteiger partial charge in [0.05, 0.1) is 18.9 Å². The minimum Gasteiger partial charge on any atom is -0.378 e. The zero-order chi connectivity index (χ0) is 18.1. The quantitative estimate of drug-likeness (QED) is 0.679. The maximum Gasteiger partial charge on any atom is 0.207 e. The molecule has 0 aromatic heterocycles. The number of hydrogen-bond donors (Lipinski definition) is 2. The zero-order valence-electron chi connectivity index (χ0n) is 14.0. The van der Waals surface area contributed by atoms with Gasteiger partial charge in [-0.25, -0.2) is 9.38 Å². The molecule has 1 fully saturated rings. The summed E-state index contributed by atoms with van der Waals surface area (Å²) in [6.07, 6.45) is 1.52. The van der Waals surface area contributed by atoms with E-state index in [0.29, 0.717) is 5.69 Å². The molecular formula is C18H19FIN5O. The van der Waals surface area contributed by atoms with Crippen molar-refractivity contribution in [2.45, 2.75) is 5.79 Å². The maximum atomic E-state index is 14.2. The van der Waals surface area contributed by atoms with E-state index >= 15 is 0 Å². The molecule has 0 bridgehead atoms. The SMILES string of the molecule is NC1(c2ccc(N3CCOCC3)cc2)N=CN(c2ccc(I)cc2F)N1. The van der Waals surface area contributed by atoms with Crippen LogP contribution in [0.3, 0.4) is 0 Å². The van der Waals surface area contributed by atoms with Crippen molar-refractivity contribution in [2.24, 2.45) is 10.7 Å². The first-order valence-electron chi connectivity index (χ1n) is 8.35. The number of hydrazine groups is 1. The van der Waals surface area contributed by atoms with Crippen molar-refractivity contribution in [3.63, 3.8) is 0 Å². The summed E-state index contributed by atoms with van der Waals surface area (Å²) in [5.74, 6) is -1.46. The molecule has 0 saturated carbocycles. The van der Waals surface area contributed by atoms with Gasteiger partial charge in [0.25, 0.3) is 0 Å². The topological polar surface area (TPSA) is 66.1 Å². The Morgan fingerprint density at radius 3 is 2.58 bits per heavy atom. The molecule has 4 rings (SSSR count). The summed E-state index contributed by atoms with van der Waals surface area (Å²) in [4.78, 5) is 6.64. The van der Waals surface area contributed by atoms with Crippen LogP contribution in [0.1, 0.15) is 5.56 Å². The summed E-state index contributed by atoms with van der Waals surface area (Å²) in [6, 6.07) is 13.0. The van der Waals surface area contributed by atoms with Crippen LogP contribution in [-0.4, -0.2) is 32.6 Å². The van der Waals surface area contributed by atoms with Crippen LogP contribution in [0.15, 0.2) is 47.5 Å². The van der Waals surface area contributed by atoms with Crippen LogP contribution in [0.5, 0.6) is 0 Å². The molecule has 2 aromatic carbocycles. The highest BCUT2D eigenvalue weighted by Gasteiger charge is 2.34. The Morgan fingerprint density at radius 2 is 1.88 bits per heavy atom. The Balaban J connectivity index is 1.52. The van der Waals surface area contributed by atoms with Gasteiger partial charge in [0.15, 0.2) is 0 Å². The molecule has 3 N–H and O–H groups in total. The molecule has 136 valence electrons. The van der Waals surface area contributed by atoms with E-state index in [1.807, 2.05) is 30.3 Å². The van der Waals surface area contributed by atoms with E-state index in [1.54, 1.807) is 6.07 Å². The number of rotatable bonds is 3. The lowest BCUT2D eigenvalue weighted by Crippen LogP contribution is -2.51. The van der Waals surface area contributed by atoms with Crippen LogP contribution in [-0.2, 0) is 10.5 Å². The summed E-state index contributed by atoms with van der Waals surface area (Å²) in [5.41, 5.74) is 11.8. The number of hydrogen-bond acceptors (Lipinski definition) is 6. The van der Waals surface area contributed by atoms with E-state index < -0.39 is 5.79 Å². The third-order valence-corrected chi connectivity index (χ3v) is 5.19. The van der Waals surface area contributed by atoms with E-state index in [0.717, 1.165) is 41.1 Å². The Bertz CT molecular complexity index is 825. The highest BCUT2D eigenvalue weighted by molar-refractivity contribution is 14.1. The van der Waals surface area contributed by atoms with Crippen molar-refractivity contribution in [3.05, 3.63) is 57.4 Å². The fraction of sp³-hybridized carbons (Fsp3) is 0.278. The van der Waals surface area contributed by atoms with Crippen molar-refractivity contribution in [3.8, 4) is 0 Å². The molecule has 1 unspecified atom stereocenters. The highest BCUT2D eigenvalue weighted by atomic mass is 127. The van der Waals surface area contributed by atoms with Gasteiger partial charge in [0, 0.05) is 27.9 Å². The second kappa shape index (κ2) is 7.10. The van der Waals surface area contributed by atoms with E-state index in [9.17, 15) is 4.39 Å². The van der Waals surface area contributed by atoms with Crippen LogP contribution in [0.4, 0.5) is 15.8 Å². The predicted molar refractivity (Wildman–Crippen MR) is 109 cm³/mol. The summed E-state index contributed by atoms with van der Waals surface area (Å²) in [5, 5.41) is 1.52. The van der Waals surface area contributed by atoms with Crippen molar-refractivity contribution in [2.75, 3.05) is 36.2 Å². The molecule has 8 heteroatoms. The largest absolute Gasteiger partial charge is 0.378 e. The zero-order valence-corrected chi connectivity index (χ0v) is 16.2. The number of nitrogens with one attached hydrogen (secondary N) is 1. The molecule has 1 saturated heterocycles. The highest BCUT2D eigenvalue weighted by Crippen LogP contribution is 2.28. The minimum absolute atomic E-state index is 0.331. The fourth-order valence-electron chi connectivity index (χ4n) is 3.08. The Kier molecular flexibility index (Phi) is 4.82. The maximum absolute atomic E-state index is 14.2. The molecule has 2 heterocycles. The number of benzene rings is 2. The molecular weight excluding hydrogens is 448 g/mol. The van der Waals surface area contributed by atoms with Crippen molar-refractivity contribution >= 4 is 40.3 Å². The molecule has 0 radical (unpaired) electrons. The molecule has 0 spiro atoms. The Labute approximate surface area is 164 Å². The van der Waals surface area contributed by atoms with E-state index in [-0.39, 0.29) is 5.82 Å². The average Bonchev–Trinajstić information content (AvgIpc) is 3.06. The smallest absolute Gasteiger partial charge is 0.207 e. The standard InChI is InChI=1S/C18H19FIN5O/c19-16-11-14(20)3-6-17(16)25-12-22-18(21,23-25)13-1-4-15(5-2-13)24-7-9-26-10-8-24/h1-6,11-12,23H,7-10,21H2. The van der Waals surface area contributed by atoms with Crippen molar-refractivity contribution < 1.29 is 9.13 Å². The first-order valence-corrected chi connectivity index (χ1v) is 9.43. The minimum atomic E-state index is -1.13. The number of morpholine rings is 1. The van der Waals surface area contributed by atoms with Gasteiger partial charge < -0.3 is 9.64 Å².